The first-order valence-electron chi connectivity index (χ1n) is 7.94. The summed E-state index contributed by atoms with van der Waals surface area (Å²) in [6.07, 6.45) is 5.68. The van der Waals surface area contributed by atoms with Gasteiger partial charge >= 0.3 is 5.97 Å². The van der Waals surface area contributed by atoms with E-state index in [1.807, 2.05) is 0 Å². The van der Waals surface area contributed by atoms with Crippen LogP contribution in [0.2, 0.25) is 0 Å². The molecule has 0 aliphatic carbocycles. The van der Waals surface area contributed by atoms with Gasteiger partial charge in [-0.1, -0.05) is 6.42 Å². The Morgan fingerprint density at radius 1 is 1.35 bits per heavy atom. The van der Waals surface area contributed by atoms with Crippen LogP contribution < -0.4 is 5.32 Å². The molecule has 2 unspecified atom stereocenters. The zero-order valence-corrected chi connectivity index (χ0v) is 12.9. The van der Waals surface area contributed by atoms with Gasteiger partial charge in [0.15, 0.2) is 0 Å². The molecule has 2 atom stereocenters. The Bertz CT molecular complexity index is 337. The maximum absolute atomic E-state index is 11.2. The SMILES string of the molecule is CNC(C)(CCCN1CCN2CCCCC2C1)C(=O)O. The minimum Gasteiger partial charge on any atom is -0.480 e. The molecular formula is C15H29N3O2. The molecular weight excluding hydrogens is 254 g/mol. The van der Waals surface area contributed by atoms with Crippen LogP contribution in [0.4, 0.5) is 0 Å². The number of carbonyl (C=O) groups is 1. The van der Waals surface area contributed by atoms with E-state index in [4.69, 9.17) is 0 Å². The van der Waals surface area contributed by atoms with Gasteiger partial charge in [0.1, 0.15) is 5.54 Å². The summed E-state index contributed by atoms with van der Waals surface area (Å²) >= 11 is 0. The number of fused-ring (bicyclic) bond motifs is 1. The topological polar surface area (TPSA) is 55.8 Å². The zero-order valence-electron chi connectivity index (χ0n) is 12.9. The smallest absolute Gasteiger partial charge is 0.323 e. The van der Waals surface area contributed by atoms with Crippen LogP contribution in [0.3, 0.4) is 0 Å². The molecule has 2 heterocycles. The Kier molecular flexibility index (Phi) is 5.41. The molecule has 0 saturated carbocycles. The van der Waals surface area contributed by atoms with Crippen molar-refractivity contribution in [3.05, 3.63) is 0 Å². The number of piperidine rings is 1. The van der Waals surface area contributed by atoms with Gasteiger partial charge in [-0.25, -0.2) is 0 Å². The number of rotatable bonds is 6. The molecule has 2 fully saturated rings. The number of carboxylic acids is 1. The maximum atomic E-state index is 11.2. The monoisotopic (exact) mass is 283 g/mol. The molecule has 116 valence electrons. The van der Waals surface area contributed by atoms with E-state index in [0.717, 1.165) is 25.6 Å². The van der Waals surface area contributed by atoms with Crippen LogP contribution in [0.1, 0.15) is 39.0 Å². The van der Waals surface area contributed by atoms with E-state index in [1.54, 1.807) is 14.0 Å². The Morgan fingerprint density at radius 2 is 2.15 bits per heavy atom. The van der Waals surface area contributed by atoms with Gasteiger partial charge in [-0.15, -0.1) is 0 Å². The van der Waals surface area contributed by atoms with E-state index in [9.17, 15) is 9.90 Å². The van der Waals surface area contributed by atoms with Gasteiger partial charge in [0.2, 0.25) is 0 Å². The second-order valence-corrected chi connectivity index (χ2v) is 6.48. The highest BCUT2D eigenvalue weighted by Gasteiger charge is 2.32. The second kappa shape index (κ2) is 6.87. The van der Waals surface area contributed by atoms with Gasteiger partial charge in [-0.2, -0.15) is 0 Å². The Labute approximate surface area is 122 Å². The van der Waals surface area contributed by atoms with Crippen molar-refractivity contribution in [2.75, 3.05) is 39.8 Å². The number of carboxylic acid groups (broad SMARTS) is 1. The van der Waals surface area contributed by atoms with Crippen LogP contribution in [0, 0.1) is 0 Å². The summed E-state index contributed by atoms with van der Waals surface area (Å²) in [5.41, 5.74) is -0.785. The van der Waals surface area contributed by atoms with Crippen LogP contribution >= 0.6 is 0 Å². The normalized spacial score (nSPS) is 27.8. The van der Waals surface area contributed by atoms with E-state index >= 15 is 0 Å². The summed E-state index contributed by atoms with van der Waals surface area (Å²) in [4.78, 5) is 16.4. The predicted molar refractivity (Wildman–Crippen MR) is 80.0 cm³/mol. The lowest BCUT2D eigenvalue weighted by atomic mass is 9.95. The first-order chi connectivity index (χ1) is 9.55. The molecule has 0 aromatic carbocycles. The molecule has 2 N–H and O–H groups in total. The predicted octanol–water partition coefficient (Wildman–Crippen LogP) is 0.999. The van der Waals surface area contributed by atoms with Gasteiger partial charge in [0.25, 0.3) is 0 Å². The van der Waals surface area contributed by atoms with Crippen LogP contribution in [0.5, 0.6) is 0 Å². The Morgan fingerprint density at radius 3 is 2.85 bits per heavy atom. The fourth-order valence-corrected chi connectivity index (χ4v) is 3.42. The third kappa shape index (κ3) is 3.71. The van der Waals surface area contributed by atoms with Crippen molar-refractivity contribution in [2.24, 2.45) is 0 Å². The minimum absolute atomic E-state index is 0.684. The zero-order chi connectivity index (χ0) is 14.6. The summed E-state index contributed by atoms with van der Waals surface area (Å²) in [6, 6.07) is 0.743. The lowest BCUT2D eigenvalue weighted by Gasteiger charge is -2.44. The summed E-state index contributed by atoms with van der Waals surface area (Å²) in [6.45, 7) is 7.56. The van der Waals surface area contributed by atoms with Crippen LogP contribution in [0.25, 0.3) is 0 Å². The van der Waals surface area contributed by atoms with Crippen molar-refractivity contribution < 1.29 is 9.90 Å². The first kappa shape index (κ1) is 15.7. The van der Waals surface area contributed by atoms with E-state index in [2.05, 4.69) is 15.1 Å². The van der Waals surface area contributed by atoms with Crippen molar-refractivity contribution >= 4 is 5.97 Å². The molecule has 0 aromatic heterocycles. The second-order valence-electron chi connectivity index (χ2n) is 6.48. The van der Waals surface area contributed by atoms with Crippen molar-refractivity contribution in [3.63, 3.8) is 0 Å². The molecule has 0 amide bonds. The molecule has 5 nitrogen and oxygen atoms in total. The largest absolute Gasteiger partial charge is 0.480 e. The van der Waals surface area contributed by atoms with Crippen molar-refractivity contribution in [2.45, 2.75) is 50.6 Å². The minimum atomic E-state index is -0.785. The fraction of sp³-hybridized carbons (Fsp3) is 0.933. The standard InChI is InChI=1S/C15H29N3O2/c1-15(16-2,14(19)20)7-5-8-17-10-11-18-9-4-3-6-13(18)12-17/h13,16H,3-12H2,1-2H3,(H,19,20). The molecule has 5 heteroatoms. The molecule has 2 rings (SSSR count). The maximum Gasteiger partial charge on any atom is 0.323 e. The first-order valence-corrected chi connectivity index (χ1v) is 7.94. The van der Waals surface area contributed by atoms with Gasteiger partial charge in [0, 0.05) is 25.7 Å². The van der Waals surface area contributed by atoms with Crippen molar-refractivity contribution in [3.8, 4) is 0 Å². The Hall–Kier alpha value is -0.650. The highest BCUT2D eigenvalue weighted by Crippen LogP contribution is 2.21. The summed E-state index contributed by atoms with van der Waals surface area (Å²) < 4.78 is 0. The van der Waals surface area contributed by atoms with E-state index in [0.29, 0.717) is 6.42 Å². The fourth-order valence-electron chi connectivity index (χ4n) is 3.42. The van der Waals surface area contributed by atoms with Gasteiger partial charge in [0.05, 0.1) is 0 Å². The van der Waals surface area contributed by atoms with Crippen LogP contribution in [-0.4, -0.2) is 72.2 Å². The lowest BCUT2D eigenvalue weighted by molar-refractivity contribution is -0.144. The number of aliphatic carboxylic acids is 1. The van der Waals surface area contributed by atoms with E-state index in [-0.39, 0.29) is 0 Å². The van der Waals surface area contributed by atoms with E-state index in [1.165, 1.54) is 38.9 Å². The van der Waals surface area contributed by atoms with Crippen molar-refractivity contribution in [1.82, 2.24) is 15.1 Å². The van der Waals surface area contributed by atoms with Crippen LogP contribution in [-0.2, 0) is 4.79 Å². The summed E-state index contributed by atoms with van der Waals surface area (Å²) in [5.74, 6) is -0.753. The third-order valence-electron chi connectivity index (χ3n) is 5.10. The highest BCUT2D eigenvalue weighted by molar-refractivity contribution is 5.78. The molecule has 2 saturated heterocycles. The molecule has 0 spiro atoms. The number of piperazine rings is 1. The average Bonchev–Trinajstić information content (AvgIpc) is 2.46. The number of hydrogen-bond acceptors (Lipinski definition) is 4. The molecule has 0 radical (unpaired) electrons. The third-order valence-corrected chi connectivity index (χ3v) is 5.10. The number of nitrogens with zero attached hydrogens (tertiary/aromatic N) is 2. The van der Waals surface area contributed by atoms with Gasteiger partial charge in [-0.3, -0.25) is 9.69 Å². The molecule has 0 bridgehead atoms. The summed E-state index contributed by atoms with van der Waals surface area (Å²) in [7, 11) is 1.73. The lowest BCUT2D eigenvalue weighted by Crippen LogP contribution is -2.55. The molecule has 2 aliphatic rings. The van der Waals surface area contributed by atoms with Gasteiger partial charge < -0.3 is 15.3 Å². The van der Waals surface area contributed by atoms with Gasteiger partial charge in [-0.05, 0) is 52.7 Å². The number of hydrogen-bond donors (Lipinski definition) is 2. The molecule has 0 aromatic rings. The summed E-state index contributed by atoms with van der Waals surface area (Å²) in [5, 5.41) is 12.2. The Balaban J connectivity index is 1.73. The quantitative estimate of drug-likeness (QED) is 0.761. The number of likely N-dealkylation sites (N-methyl/N-ethyl adjacent to an activating group) is 1. The average molecular weight is 283 g/mol. The van der Waals surface area contributed by atoms with Crippen LogP contribution in [0.15, 0.2) is 0 Å². The van der Waals surface area contributed by atoms with Crippen molar-refractivity contribution in [1.29, 1.82) is 0 Å². The highest BCUT2D eigenvalue weighted by atomic mass is 16.4. The van der Waals surface area contributed by atoms with E-state index < -0.39 is 11.5 Å². The molecule has 20 heavy (non-hydrogen) atoms. The number of nitrogens with one attached hydrogen (secondary N) is 1. The molecule has 2 aliphatic heterocycles.